The Morgan fingerprint density at radius 3 is 2.93 bits per heavy atom. The Labute approximate surface area is 92.1 Å². The SMILES string of the molecule is C1=C(C2(C3CC3)CCCCCN2)OCC1. The van der Waals surface area contributed by atoms with Crippen LogP contribution in [0.25, 0.3) is 0 Å². The Kier molecular flexibility index (Phi) is 2.47. The smallest absolute Gasteiger partial charge is 0.112 e. The Hall–Kier alpha value is -0.500. The maximum Gasteiger partial charge on any atom is 0.112 e. The molecule has 1 unspecified atom stereocenters. The van der Waals surface area contributed by atoms with Gasteiger partial charge >= 0.3 is 0 Å². The first kappa shape index (κ1) is 9.71. The summed E-state index contributed by atoms with van der Waals surface area (Å²) in [6.07, 6.45) is 11.6. The van der Waals surface area contributed by atoms with Gasteiger partial charge in [-0.2, -0.15) is 0 Å². The van der Waals surface area contributed by atoms with Crippen molar-refractivity contribution < 1.29 is 4.74 Å². The second kappa shape index (κ2) is 3.82. The summed E-state index contributed by atoms with van der Waals surface area (Å²) in [6, 6.07) is 0. The van der Waals surface area contributed by atoms with Gasteiger partial charge in [-0.05, 0) is 44.2 Å². The molecule has 2 heteroatoms. The van der Waals surface area contributed by atoms with E-state index in [1.54, 1.807) is 0 Å². The minimum atomic E-state index is 0.243. The van der Waals surface area contributed by atoms with Crippen molar-refractivity contribution in [3.05, 3.63) is 11.8 Å². The summed E-state index contributed by atoms with van der Waals surface area (Å²) < 4.78 is 5.85. The summed E-state index contributed by atoms with van der Waals surface area (Å²) >= 11 is 0. The van der Waals surface area contributed by atoms with E-state index in [-0.39, 0.29) is 5.54 Å². The molecule has 1 atom stereocenters. The highest BCUT2D eigenvalue weighted by Crippen LogP contribution is 2.48. The lowest BCUT2D eigenvalue weighted by atomic mass is 9.86. The van der Waals surface area contributed by atoms with Crippen LogP contribution in [0.3, 0.4) is 0 Å². The number of ether oxygens (including phenoxy) is 1. The van der Waals surface area contributed by atoms with E-state index >= 15 is 0 Å². The van der Waals surface area contributed by atoms with E-state index in [0.717, 1.165) is 18.9 Å². The summed E-state index contributed by atoms with van der Waals surface area (Å²) in [6.45, 7) is 2.09. The van der Waals surface area contributed by atoms with E-state index in [1.165, 1.54) is 50.8 Å². The molecule has 2 nitrogen and oxygen atoms in total. The van der Waals surface area contributed by atoms with Crippen molar-refractivity contribution in [3.63, 3.8) is 0 Å². The fourth-order valence-electron chi connectivity index (χ4n) is 3.17. The number of hydrogen-bond donors (Lipinski definition) is 1. The Bertz CT molecular complexity index is 260. The van der Waals surface area contributed by atoms with Crippen LogP contribution in [0.2, 0.25) is 0 Å². The molecular weight excluding hydrogens is 186 g/mol. The zero-order valence-corrected chi connectivity index (χ0v) is 9.43. The Morgan fingerprint density at radius 1 is 1.27 bits per heavy atom. The highest BCUT2D eigenvalue weighted by atomic mass is 16.5. The average Bonchev–Trinajstić information content (AvgIpc) is 3.01. The van der Waals surface area contributed by atoms with Crippen LogP contribution in [0.15, 0.2) is 11.8 Å². The molecule has 0 aromatic heterocycles. The molecule has 1 aliphatic carbocycles. The number of nitrogens with one attached hydrogen (secondary N) is 1. The molecule has 15 heavy (non-hydrogen) atoms. The van der Waals surface area contributed by atoms with Gasteiger partial charge in [-0.15, -0.1) is 0 Å². The van der Waals surface area contributed by atoms with Crippen LogP contribution in [0.5, 0.6) is 0 Å². The summed E-state index contributed by atoms with van der Waals surface area (Å²) in [7, 11) is 0. The van der Waals surface area contributed by atoms with E-state index < -0.39 is 0 Å². The molecule has 3 rings (SSSR count). The lowest BCUT2D eigenvalue weighted by Gasteiger charge is -2.34. The molecule has 2 heterocycles. The van der Waals surface area contributed by atoms with Gasteiger partial charge in [0, 0.05) is 6.42 Å². The first-order chi connectivity index (χ1) is 7.42. The standard InChI is InChI=1S/C13H21NO/c1-2-8-13(11-6-7-11,14-9-3-1)12-5-4-10-15-12/h5,11,14H,1-4,6-10H2. The van der Waals surface area contributed by atoms with Crippen molar-refractivity contribution in [2.45, 2.75) is 50.5 Å². The van der Waals surface area contributed by atoms with Gasteiger partial charge in [0.25, 0.3) is 0 Å². The van der Waals surface area contributed by atoms with Crippen LogP contribution in [-0.4, -0.2) is 18.7 Å². The molecule has 1 N–H and O–H groups in total. The van der Waals surface area contributed by atoms with Crippen molar-refractivity contribution in [1.82, 2.24) is 5.32 Å². The molecule has 2 aliphatic heterocycles. The number of rotatable bonds is 2. The third kappa shape index (κ3) is 1.69. The van der Waals surface area contributed by atoms with Gasteiger partial charge in [0.15, 0.2) is 0 Å². The van der Waals surface area contributed by atoms with Crippen LogP contribution in [0.1, 0.15) is 44.9 Å². The largest absolute Gasteiger partial charge is 0.496 e. The maximum absolute atomic E-state index is 5.85. The van der Waals surface area contributed by atoms with Gasteiger partial charge in [-0.3, -0.25) is 0 Å². The van der Waals surface area contributed by atoms with Crippen molar-refractivity contribution in [2.24, 2.45) is 5.92 Å². The monoisotopic (exact) mass is 207 g/mol. The molecular formula is C13H21NO. The van der Waals surface area contributed by atoms with E-state index in [4.69, 9.17) is 4.74 Å². The molecule has 0 spiro atoms. The molecule has 0 bridgehead atoms. The van der Waals surface area contributed by atoms with Crippen molar-refractivity contribution in [1.29, 1.82) is 0 Å². The van der Waals surface area contributed by atoms with E-state index in [9.17, 15) is 0 Å². The third-order valence-corrected chi connectivity index (χ3v) is 4.11. The topological polar surface area (TPSA) is 21.3 Å². The fraction of sp³-hybridized carbons (Fsp3) is 0.846. The van der Waals surface area contributed by atoms with Crippen molar-refractivity contribution in [2.75, 3.05) is 13.2 Å². The molecule has 0 aromatic carbocycles. The molecule has 2 fully saturated rings. The summed E-state index contributed by atoms with van der Waals surface area (Å²) in [5, 5.41) is 3.81. The number of hydrogen-bond acceptors (Lipinski definition) is 2. The van der Waals surface area contributed by atoms with Crippen molar-refractivity contribution in [3.8, 4) is 0 Å². The zero-order valence-electron chi connectivity index (χ0n) is 9.43. The molecule has 0 radical (unpaired) electrons. The minimum absolute atomic E-state index is 0.243. The maximum atomic E-state index is 5.85. The van der Waals surface area contributed by atoms with Gasteiger partial charge in [-0.1, -0.05) is 12.8 Å². The lowest BCUT2D eigenvalue weighted by Crippen LogP contribution is -2.48. The van der Waals surface area contributed by atoms with E-state index in [1.807, 2.05) is 0 Å². The van der Waals surface area contributed by atoms with Gasteiger partial charge in [0.05, 0.1) is 12.1 Å². The summed E-state index contributed by atoms with van der Waals surface area (Å²) in [5.41, 5.74) is 0.243. The van der Waals surface area contributed by atoms with Crippen LogP contribution < -0.4 is 5.32 Å². The second-order valence-electron chi connectivity index (χ2n) is 5.19. The highest BCUT2D eigenvalue weighted by Gasteiger charge is 2.49. The molecule has 0 amide bonds. The van der Waals surface area contributed by atoms with Crippen LogP contribution in [0, 0.1) is 5.92 Å². The predicted octanol–water partition coefficient (Wildman–Crippen LogP) is 2.60. The van der Waals surface area contributed by atoms with Crippen LogP contribution in [-0.2, 0) is 4.74 Å². The van der Waals surface area contributed by atoms with Crippen LogP contribution >= 0.6 is 0 Å². The lowest BCUT2D eigenvalue weighted by molar-refractivity contribution is 0.152. The first-order valence-electron chi connectivity index (χ1n) is 6.50. The van der Waals surface area contributed by atoms with Crippen molar-refractivity contribution >= 4 is 0 Å². The summed E-state index contributed by atoms with van der Waals surface area (Å²) in [4.78, 5) is 0. The predicted molar refractivity (Wildman–Crippen MR) is 60.6 cm³/mol. The average molecular weight is 207 g/mol. The molecule has 1 saturated heterocycles. The van der Waals surface area contributed by atoms with Crippen LogP contribution in [0.4, 0.5) is 0 Å². The van der Waals surface area contributed by atoms with E-state index in [0.29, 0.717) is 0 Å². The van der Waals surface area contributed by atoms with Gasteiger partial charge in [0.2, 0.25) is 0 Å². The van der Waals surface area contributed by atoms with Gasteiger partial charge in [0.1, 0.15) is 5.76 Å². The zero-order chi connectivity index (χ0) is 10.1. The van der Waals surface area contributed by atoms with Gasteiger partial charge < -0.3 is 10.1 Å². The van der Waals surface area contributed by atoms with E-state index in [2.05, 4.69) is 11.4 Å². The molecule has 1 saturated carbocycles. The first-order valence-corrected chi connectivity index (χ1v) is 6.50. The third-order valence-electron chi connectivity index (χ3n) is 4.11. The highest BCUT2D eigenvalue weighted by molar-refractivity contribution is 5.22. The molecule has 0 aromatic rings. The summed E-state index contributed by atoms with van der Waals surface area (Å²) in [5.74, 6) is 2.15. The minimum Gasteiger partial charge on any atom is -0.496 e. The van der Waals surface area contributed by atoms with Gasteiger partial charge in [-0.25, -0.2) is 0 Å². The fourth-order valence-corrected chi connectivity index (χ4v) is 3.17. The molecule has 3 aliphatic rings. The Morgan fingerprint density at radius 2 is 2.20 bits per heavy atom. The second-order valence-corrected chi connectivity index (χ2v) is 5.19. The normalized spacial score (nSPS) is 36.9. The Balaban J connectivity index is 1.85. The quantitative estimate of drug-likeness (QED) is 0.751. The molecule has 84 valence electrons.